The van der Waals surface area contributed by atoms with Crippen LogP contribution < -0.4 is 15.8 Å². The quantitative estimate of drug-likeness (QED) is 0.703. The van der Waals surface area contributed by atoms with Crippen molar-refractivity contribution in [1.29, 1.82) is 0 Å². The van der Waals surface area contributed by atoms with Crippen LogP contribution in [0, 0.1) is 0 Å². The third kappa shape index (κ3) is 5.62. The third-order valence-corrected chi connectivity index (χ3v) is 3.48. The zero-order valence-electron chi connectivity index (χ0n) is 14.4. The summed E-state index contributed by atoms with van der Waals surface area (Å²) in [5.74, 6) is -1.25. The number of benzene rings is 2. The zero-order chi connectivity index (χ0) is 18.9. The van der Waals surface area contributed by atoms with E-state index in [4.69, 9.17) is 15.2 Å². The fraction of sp³-hybridized carbons (Fsp3) is 0.211. The van der Waals surface area contributed by atoms with Gasteiger partial charge in [0.25, 0.3) is 11.8 Å². The molecule has 0 aliphatic carbocycles. The van der Waals surface area contributed by atoms with E-state index in [1.54, 1.807) is 6.07 Å². The first kappa shape index (κ1) is 19.0. The molecule has 2 rings (SSSR count). The van der Waals surface area contributed by atoms with Crippen molar-refractivity contribution in [2.75, 3.05) is 18.5 Å². The molecule has 3 N–H and O–H groups in total. The molecule has 26 heavy (non-hydrogen) atoms. The van der Waals surface area contributed by atoms with Crippen LogP contribution in [0.15, 0.2) is 48.5 Å². The molecule has 0 aliphatic heterocycles. The van der Waals surface area contributed by atoms with Crippen LogP contribution in [0.4, 0.5) is 5.69 Å². The lowest BCUT2D eigenvalue weighted by atomic mass is 10.1. The molecular formula is C19H20N2O5. The second kappa shape index (κ2) is 9.22. The molecule has 0 bridgehead atoms. The van der Waals surface area contributed by atoms with Gasteiger partial charge in [-0.1, -0.05) is 25.1 Å². The SMILES string of the molecule is CCc1ccccc1NC(=O)COC(=O)c1ccc(OCC(N)=O)cc1. The van der Waals surface area contributed by atoms with Crippen molar-refractivity contribution in [2.45, 2.75) is 13.3 Å². The second-order valence-corrected chi connectivity index (χ2v) is 5.41. The lowest BCUT2D eigenvalue weighted by Crippen LogP contribution is -2.21. The average Bonchev–Trinajstić information content (AvgIpc) is 2.65. The van der Waals surface area contributed by atoms with E-state index in [2.05, 4.69) is 5.32 Å². The molecule has 0 aliphatic rings. The van der Waals surface area contributed by atoms with Crippen molar-refractivity contribution < 1.29 is 23.9 Å². The van der Waals surface area contributed by atoms with Gasteiger partial charge in [0.1, 0.15) is 5.75 Å². The van der Waals surface area contributed by atoms with Crippen LogP contribution in [0.1, 0.15) is 22.8 Å². The van der Waals surface area contributed by atoms with Gasteiger partial charge in [-0.05, 0) is 42.3 Å². The van der Waals surface area contributed by atoms with Crippen LogP contribution in [0.5, 0.6) is 5.75 Å². The Morgan fingerprint density at radius 3 is 2.35 bits per heavy atom. The Hall–Kier alpha value is -3.35. The van der Waals surface area contributed by atoms with E-state index < -0.39 is 24.4 Å². The molecule has 0 saturated heterocycles. The normalized spacial score (nSPS) is 10.0. The number of nitrogens with two attached hydrogens (primary N) is 1. The maximum Gasteiger partial charge on any atom is 0.338 e. The van der Waals surface area contributed by atoms with Gasteiger partial charge in [-0.2, -0.15) is 0 Å². The van der Waals surface area contributed by atoms with Gasteiger partial charge in [-0.25, -0.2) is 4.79 Å². The molecule has 2 aromatic carbocycles. The summed E-state index contributed by atoms with van der Waals surface area (Å²) in [6, 6.07) is 13.4. The highest BCUT2D eigenvalue weighted by atomic mass is 16.5. The molecule has 0 fully saturated rings. The molecule has 2 amide bonds. The van der Waals surface area contributed by atoms with Crippen LogP contribution in [0.3, 0.4) is 0 Å². The minimum atomic E-state index is -0.634. The Labute approximate surface area is 151 Å². The van der Waals surface area contributed by atoms with E-state index in [1.165, 1.54) is 24.3 Å². The highest BCUT2D eigenvalue weighted by Gasteiger charge is 2.11. The molecule has 0 radical (unpaired) electrons. The molecule has 0 unspecified atom stereocenters. The summed E-state index contributed by atoms with van der Waals surface area (Å²) < 4.78 is 10.1. The standard InChI is InChI=1S/C19H20N2O5/c1-2-13-5-3-4-6-16(13)21-18(23)12-26-19(24)14-7-9-15(10-8-14)25-11-17(20)22/h3-10H,2,11-12H2,1H3,(H2,20,22)(H,21,23). The number of esters is 1. The predicted octanol–water partition coefficient (Wildman–Crippen LogP) is 1.91. The summed E-state index contributed by atoms with van der Waals surface area (Å²) in [5.41, 5.74) is 6.95. The topological polar surface area (TPSA) is 108 Å². The van der Waals surface area contributed by atoms with Crippen molar-refractivity contribution in [3.05, 3.63) is 59.7 Å². The molecular weight excluding hydrogens is 336 g/mol. The number of rotatable bonds is 8. The van der Waals surface area contributed by atoms with E-state index in [0.29, 0.717) is 11.4 Å². The van der Waals surface area contributed by atoms with Gasteiger partial charge in [0, 0.05) is 5.69 Å². The van der Waals surface area contributed by atoms with Crippen molar-refractivity contribution in [1.82, 2.24) is 0 Å². The summed E-state index contributed by atoms with van der Waals surface area (Å²) in [4.78, 5) is 34.6. The number of para-hydroxylation sites is 1. The predicted molar refractivity (Wildman–Crippen MR) is 95.9 cm³/mol. The summed E-state index contributed by atoms with van der Waals surface area (Å²) in [5, 5.41) is 2.72. The second-order valence-electron chi connectivity index (χ2n) is 5.41. The highest BCUT2D eigenvalue weighted by Crippen LogP contribution is 2.16. The maximum atomic E-state index is 12.0. The number of nitrogens with one attached hydrogen (secondary N) is 1. The van der Waals surface area contributed by atoms with Gasteiger partial charge in [0.2, 0.25) is 0 Å². The van der Waals surface area contributed by atoms with E-state index in [9.17, 15) is 14.4 Å². The first-order valence-electron chi connectivity index (χ1n) is 8.05. The molecule has 7 nitrogen and oxygen atoms in total. The van der Waals surface area contributed by atoms with Gasteiger partial charge < -0.3 is 20.5 Å². The largest absolute Gasteiger partial charge is 0.484 e. The van der Waals surface area contributed by atoms with Crippen molar-refractivity contribution >= 4 is 23.5 Å². The molecule has 7 heteroatoms. The number of ether oxygens (including phenoxy) is 2. The summed E-state index contributed by atoms with van der Waals surface area (Å²) in [6.07, 6.45) is 0.778. The molecule has 0 heterocycles. The van der Waals surface area contributed by atoms with Gasteiger partial charge >= 0.3 is 5.97 Å². The summed E-state index contributed by atoms with van der Waals surface area (Å²) in [7, 11) is 0. The number of aryl methyl sites for hydroxylation is 1. The van der Waals surface area contributed by atoms with E-state index in [-0.39, 0.29) is 12.2 Å². The van der Waals surface area contributed by atoms with E-state index >= 15 is 0 Å². The number of hydrogen-bond donors (Lipinski definition) is 2. The van der Waals surface area contributed by atoms with Crippen molar-refractivity contribution in [3.8, 4) is 5.75 Å². The van der Waals surface area contributed by atoms with Crippen molar-refractivity contribution in [3.63, 3.8) is 0 Å². The van der Waals surface area contributed by atoms with Crippen molar-refractivity contribution in [2.24, 2.45) is 5.73 Å². The number of carbonyl (C=O) groups excluding carboxylic acids is 3. The fourth-order valence-electron chi connectivity index (χ4n) is 2.19. The fourth-order valence-corrected chi connectivity index (χ4v) is 2.19. The average molecular weight is 356 g/mol. The van der Waals surface area contributed by atoms with Crippen LogP contribution in [-0.2, 0) is 20.7 Å². The monoisotopic (exact) mass is 356 g/mol. The Balaban J connectivity index is 1.85. The Morgan fingerprint density at radius 1 is 1.00 bits per heavy atom. The first-order chi connectivity index (χ1) is 12.5. The van der Waals surface area contributed by atoms with E-state index in [0.717, 1.165) is 12.0 Å². The Morgan fingerprint density at radius 2 is 1.69 bits per heavy atom. The number of carbonyl (C=O) groups is 3. The molecule has 2 aromatic rings. The van der Waals surface area contributed by atoms with Crippen LogP contribution in [-0.4, -0.2) is 31.0 Å². The van der Waals surface area contributed by atoms with Crippen LogP contribution in [0.25, 0.3) is 0 Å². The maximum absolute atomic E-state index is 12.0. The molecule has 0 spiro atoms. The Bertz CT molecular complexity index is 787. The number of hydrogen-bond acceptors (Lipinski definition) is 5. The van der Waals surface area contributed by atoms with Crippen LogP contribution >= 0.6 is 0 Å². The lowest BCUT2D eigenvalue weighted by molar-refractivity contribution is -0.120. The summed E-state index contributed by atoms with van der Waals surface area (Å²) >= 11 is 0. The molecule has 136 valence electrons. The van der Waals surface area contributed by atoms with E-state index in [1.807, 2.05) is 25.1 Å². The molecule has 0 atom stereocenters. The molecule has 0 aromatic heterocycles. The van der Waals surface area contributed by atoms with Gasteiger partial charge in [-0.15, -0.1) is 0 Å². The number of primary amides is 1. The highest BCUT2D eigenvalue weighted by molar-refractivity contribution is 5.96. The van der Waals surface area contributed by atoms with Gasteiger partial charge in [-0.3, -0.25) is 9.59 Å². The van der Waals surface area contributed by atoms with Gasteiger partial charge in [0.15, 0.2) is 13.2 Å². The molecule has 0 saturated carbocycles. The van der Waals surface area contributed by atoms with Gasteiger partial charge in [0.05, 0.1) is 5.56 Å². The number of anilines is 1. The Kier molecular flexibility index (Phi) is 6.73. The smallest absolute Gasteiger partial charge is 0.338 e. The third-order valence-electron chi connectivity index (χ3n) is 3.48. The lowest BCUT2D eigenvalue weighted by Gasteiger charge is -2.10. The first-order valence-corrected chi connectivity index (χ1v) is 8.05. The number of amides is 2. The minimum absolute atomic E-state index is 0.247. The zero-order valence-corrected chi connectivity index (χ0v) is 14.4. The van der Waals surface area contributed by atoms with Crippen LogP contribution in [0.2, 0.25) is 0 Å². The summed E-state index contributed by atoms with van der Waals surface area (Å²) in [6.45, 7) is 1.35. The minimum Gasteiger partial charge on any atom is -0.484 e.